The topological polar surface area (TPSA) is 21.3 Å². The molecule has 0 aromatic heterocycles. The summed E-state index contributed by atoms with van der Waals surface area (Å²) in [5.41, 5.74) is 0.0451. The molecule has 0 radical (unpaired) electrons. The maximum absolute atomic E-state index is 5.97. The largest absolute Gasteiger partial charge is 0.335 e. The van der Waals surface area contributed by atoms with Crippen LogP contribution in [0.15, 0.2) is 0 Å². The van der Waals surface area contributed by atoms with E-state index >= 15 is 0 Å². The van der Waals surface area contributed by atoms with Gasteiger partial charge in [0, 0.05) is 12.6 Å². The van der Waals surface area contributed by atoms with Crippen molar-refractivity contribution in [2.45, 2.75) is 40.2 Å². The van der Waals surface area contributed by atoms with E-state index < -0.39 is 7.65 Å². The molecule has 0 aliphatic carbocycles. The first-order valence-corrected chi connectivity index (χ1v) is 6.78. The predicted octanol–water partition coefficient (Wildman–Crippen LogP) is 3.76. The second-order valence-electron chi connectivity index (χ2n) is 4.13. The molecule has 0 saturated carbocycles. The smallest absolute Gasteiger partial charge is 0.204 e. The first kappa shape index (κ1) is 13.6. The Morgan fingerprint density at radius 1 is 1.23 bits per heavy atom. The molecule has 0 aliphatic heterocycles. The highest BCUT2D eigenvalue weighted by atomic mass is 35.7. The lowest BCUT2D eigenvalue weighted by Gasteiger charge is -2.39. The molecule has 0 bridgehead atoms. The van der Waals surface area contributed by atoms with Gasteiger partial charge in [-0.05, 0) is 30.0 Å². The average molecular weight is 226 g/mol. The van der Waals surface area contributed by atoms with E-state index in [0.717, 1.165) is 0 Å². The first-order chi connectivity index (χ1) is 5.84. The van der Waals surface area contributed by atoms with Gasteiger partial charge in [-0.2, -0.15) is 0 Å². The van der Waals surface area contributed by atoms with Crippen LogP contribution in [0.2, 0.25) is 0 Å². The van der Waals surface area contributed by atoms with E-state index in [0.29, 0.717) is 11.8 Å². The second-order valence-corrected chi connectivity index (χ2v) is 6.13. The summed E-state index contributed by atoms with van der Waals surface area (Å²) in [6.45, 7) is 11.0. The normalized spacial score (nSPS) is 15.5. The third kappa shape index (κ3) is 3.71. The zero-order valence-electron chi connectivity index (χ0n) is 9.39. The molecule has 0 aromatic rings. The molecule has 1 unspecified atom stereocenters. The Kier molecular flexibility index (Phi) is 5.77. The van der Waals surface area contributed by atoms with Gasteiger partial charge < -0.3 is 4.52 Å². The molecule has 2 nitrogen and oxygen atoms in total. The lowest BCUT2D eigenvalue weighted by atomic mass is 9.80. The quantitative estimate of drug-likeness (QED) is 0.720. The van der Waals surface area contributed by atoms with Crippen LogP contribution in [0.25, 0.3) is 0 Å². The van der Waals surface area contributed by atoms with Crippen molar-refractivity contribution in [3.05, 3.63) is 0 Å². The van der Waals surface area contributed by atoms with Crippen molar-refractivity contribution >= 4 is 18.9 Å². The highest BCUT2D eigenvalue weighted by molar-refractivity contribution is 7.78. The predicted molar refractivity (Wildman–Crippen MR) is 61.0 cm³/mol. The standard InChI is InChI=1S/C9H21ClNOP/c1-7(2)9(5,8(3)4)11-13(10)12-6/h7-8,11H,1-6H3. The second kappa shape index (κ2) is 5.50. The van der Waals surface area contributed by atoms with Gasteiger partial charge in [0.2, 0.25) is 7.65 Å². The molecule has 0 fully saturated rings. The molecule has 0 aliphatic rings. The Labute approximate surface area is 88.1 Å². The minimum absolute atomic E-state index is 0.0451. The molecule has 0 aromatic carbocycles. The van der Waals surface area contributed by atoms with Crippen molar-refractivity contribution in [1.29, 1.82) is 0 Å². The Bertz CT molecular complexity index is 145. The van der Waals surface area contributed by atoms with Gasteiger partial charge >= 0.3 is 0 Å². The molecule has 0 saturated heterocycles. The minimum Gasteiger partial charge on any atom is -0.335 e. The Morgan fingerprint density at radius 2 is 1.62 bits per heavy atom. The van der Waals surface area contributed by atoms with E-state index in [1.54, 1.807) is 7.11 Å². The van der Waals surface area contributed by atoms with Crippen LogP contribution in [0, 0.1) is 11.8 Å². The van der Waals surface area contributed by atoms with Crippen molar-refractivity contribution in [3.8, 4) is 0 Å². The molecule has 0 amide bonds. The summed E-state index contributed by atoms with van der Waals surface area (Å²) < 4.78 is 5.07. The van der Waals surface area contributed by atoms with Crippen LogP contribution in [-0.2, 0) is 4.52 Å². The molecular weight excluding hydrogens is 205 g/mol. The third-order valence-corrected chi connectivity index (χ3v) is 4.53. The van der Waals surface area contributed by atoms with Gasteiger partial charge in [0.15, 0.2) is 0 Å². The molecule has 4 heteroatoms. The number of rotatable bonds is 5. The van der Waals surface area contributed by atoms with Crippen LogP contribution in [0.3, 0.4) is 0 Å². The lowest BCUT2D eigenvalue weighted by molar-refractivity contribution is 0.221. The minimum atomic E-state index is -1.01. The SMILES string of the molecule is COP(Cl)NC(C)(C(C)C)C(C)C. The zero-order chi connectivity index (χ0) is 10.6. The fourth-order valence-corrected chi connectivity index (χ4v) is 2.69. The van der Waals surface area contributed by atoms with Gasteiger partial charge in [-0.3, -0.25) is 5.09 Å². The van der Waals surface area contributed by atoms with Crippen molar-refractivity contribution < 1.29 is 4.52 Å². The molecule has 0 spiro atoms. The van der Waals surface area contributed by atoms with Crippen molar-refractivity contribution in [3.63, 3.8) is 0 Å². The monoisotopic (exact) mass is 225 g/mol. The Balaban J connectivity index is 4.42. The van der Waals surface area contributed by atoms with Crippen LogP contribution in [0.1, 0.15) is 34.6 Å². The van der Waals surface area contributed by atoms with Gasteiger partial charge in [0.05, 0.1) is 0 Å². The zero-order valence-corrected chi connectivity index (χ0v) is 11.0. The Morgan fingerprint density at radius 3 is 1.85 bits per heavy atom. The van der Waals surface area contributed by atoms with Crippen LogP contribution >= 0.6 is 18.9 Å². The summed E-state index contributed by atoms with van der Waals surface area (Å²) in [6.07, 6.45) is 0. The highest BCUT2D eigenvalue weighted by Gasteiger charge is 2.33. The van der Waals surface area contributed by atoms with Crippen molar-refractivity contribution in [2.75, 3.05) is 7.11 Å². The number of halogens is 1. The van der Waals surface area contributed by atoms with Gasteiger partial charge in [-0.15, -0.1) is 0 Å². The summed E-state index contributed by atoms with van der Waals surface area (Å²) in [5, 5.41) is 3.35. The fourth-order valence-electron chi connectivity index (χ4n) is 1.16. The molecule has 0 heterocycles. The average Bonchev–Trinajstić information content (AvgIpc) is 2.03. The van der Waals surface area contributed by atoms with E-state index in [2.05, 4.69) is 39.7 Å². The third-order valence-electron chi connectivity index (χ3n) is 2.89. The van der Waals surface area contributed by atoms with E-state index in [9.17, 15) is 0 Å². The van der Waals surface area contributed by atoms with Crippen LogP contribution in [0.5, 0.6) is 0 Å². The van der Waals surface area contributed by atoms with Gasteiger partial charge in [-0.25, -0.2) is 0 Å². The summed E-state index contributed by atoms with van der Waals surface area (Å²) in [7, 11) is 0.623. The summed E-state index contributed by atoms with van der Waals surface area (Å²) in [5.74, 6) is 1.07. The maximum Gasteiger partial charge on any atom is 0.204 e. The van der Waals surface area contributed by atoms with Gasteiger partial charge in [-0.1, -0.05) is 27.7 Å². The van der Waals surface area contributed by atoms with E-state index in [4.69, 9.17) is 15.8 Å². The Hall–Kier alpha value is 0.640. The van der Waals surface area contributed by atoms with E-state index in [1.807, 2.05) is 0 Å². The molecule has 1 atom stereocenters. The fraction of sp³-hybridized carbons (Fsp3) is 1.00. The number of hydrogen-bond donors (Lipinski definition) is 1. The van der Waals surface area contributed by atoms with Crippen LogP contribution in [-0.4, -0.2) is 12.6 Å². The van der Waals surface area contributed by atoms with Crippen LogP contribution < -0.4 is 5.09 Å². The summed E-state index contributed by atoms with van der Waals surface area (Å²) >= 11 is 5.97. The number of hydrogen-bond acceptors (Lipinski definition) is 2. The highest BCUT2D eigenvalue weighted by Crippen LogP contribution is 2.42. The summed E-state index contributed by atoms with van der Waals surface area (Å²) in [6, 6.07) is 0. The van der Waals surface area contributed by atoms with Gasteiger partial charge in [0.1, 0.15) is 0 Å². The molecule has 13 heavy (non-hydrogen) atoms. The number of nitrogens with one attached hydrogen (secondary N) is 1. The van der Waals surface area contributed by atoms with E-state index in [1.165, 1.54) is 0 Å². The van der Waals surface area contributed by atoms with E-state index in [-0.39, 0.29) is 5.54 Å². The lowest BCUT2D eigenvalue weighted by Crippen LogP contribution is -2.48. The molecular formula is C9H21ClNOP. The maximum atomic E-state index is 5.97. The first-order valence-electron chi connectivity index (χ1n) is 4.62. The van der Waals surface area contributed by atoms with Crippen LogP contribution in [0.4, 0.5) is 0 Å². The summed E-state index contributed by atoms with van der Waals surface area (Å²) in [4.78, 5) is 0. The van der Waals surface area contributed by atoms with Crippen molar-refractivity contribution in [2.24, 2.45) is 11.8 Å². The van der Waals surface area contributed by atoms with Gasteiger partial charge in [0.25, 0.3) is 0 Å². The molecule has 80 valence electrons. The molecule has 0 rings (SSSR count). The van der Waals surface area contributed by atoms with Crippen molar-refractivity contribution in [1.82, 2.24) is 5.09 Å². The molecule has 1 N–H and O–H groups in total.